The van der Waals surface area contributed by atoms with E-state index in [0.29, 0.717) is 18.6 Å². The van der Waals surface area contributed by atoms with Crippen molar-refractivity contribution in [2.45, 2.75) is 38.9 Å². The first-order chi connectivity index (χ1) is 7.69. The number of nitrogens with zero attached hydrogens (tertiary/aromatic N) is 1. The quantitative estimate of drug-likeness (QED) is 0.878. The zero-order valence-corrected chi connectivity index (χ0v) is 10.7. The summed E-state index contributed by atoms with van der Waals surface area (Å²) in [7, 11) is 0. The summed E-state index contributed by atoms with van der Waals surface area (Å²) in [6.07, 6.45) is 1.14. The van der Waals surface area contributed by atoms with Gasteiger partial charge in [-0.1, -0.05) is 30.7 Å². The van der Waals surface area contributed by atoms with Crippen molar-refractivity contribution in [2.75, 3.05) is 6.54 Å². The predicted octanol–water partition coefficient (Wildman–Crippen LogP) is 2.95. The lowest BCUT2D eigenvalue weighted by molar-refractivity contribution is 0.157. The molecule has 0 saturated carbocycles. The van der Waals surface area contributed by atoms with Crippen molar-refractivity contribution in [3.05, 3.63) is 34.3 Å². The lowest BCUT2D eigenvalue weighted by Crippen LogP contribution is -2.34. The van der Waals surface area contributed by atoms with Crippen LogP contribution < -0.4 is 5.73 Å². The molecule has 88 valence electrons. The summed E-state index contributed by atoms with van der Waals surface area (Å²) in [5, 5.41) is 0.877. The highest BCUT2D eigenvalue weighted by Crippen LogP contribution is 2.38. The van der Waals surface area contributed by atoms with Crippen LogP contribution in [0.1, 0.15) is 37.4 Å². The van der Waals surface area contributed by atoms with Gasteiger partial charge in [-0.05, 0) is 30.5 Å². The summed E-state index contributed by atoms with van der Waals surface area (Å²) >= 11 is 6.24. The van der Waals surface area contributed by atoms with Gasteiger partial charge in [0.15, 0.2) is 0 Å². The van der Waals surface area contributed by atoms with Crippen LogP contribution in [0.2, 0.25) is 5.02 Å². The molecule has 2 rings (SSSR count). The summed E-state index contributed by atoms with van der Waals surface area (Å²) in [5.41, 5.74) is 8.48. The number of rotatable bonds is 3. The van der Waals surface area contributed by atoms with Crippen LogP contribution in [0.15, 0.2) is 18.2 Å². The molecule has 1 aromatic carbocycles. The van der Waals surface area contributed by atoms with E-state index in [4.69, 9.17) is 17.3 Å². The Labute approximate surface area is 102 Å². The van der Waals surface area contributed by atoms with Crippen LogP contribution in [0.25, 0.3) is 0 Å². The van der Waals surface area contributed by atoms with E-state index in [1.54, 1.807) is 0 Å². The van der Waals surface area contributed by atoms with E-state index in [1.807, 2.05) is 12.1 Å². The van der Waals surface area contributed by atoms with Crippen LogP contribution in [0.3, 0.4) is 0 Å². The number of benzene rings is 1. The van der Waals surface area contributed by atoms with E-state index >= 15 is 0 Å². The molecule has 2 atom stereocenters. The zero-order valence-electron chi connectivity index (χ0n) is 9.91. The zero-order chi connectivity index (χ0) is 11.7. The van der Waals surface area contributed by atoms with Crippen molar-refractivity contribution in [2.24, 2.45) is 5.73 Å². The van der Waals surface area contributed by atoms with Gasteiger partial charge in [-0.2, -0.15) is 0 Å². The molecule has 0 radical (unpaired) electrons. The van der Waals surface area contributed by atoms with Gasteiger partial charge in [0, 0.05) is 30.2 Å². The summed E-state index contributed by atoms with van der Waals surface area (Å²) < 4.78 is 0. The van der Waals surface area contributed by atoms with Crippen LogP contribution in [0.4, 0.5) is 0 Å². The minimum atomic E-state index is 0.337. The monoisotopic (exact) mass is 238 g/mol. The second-order valence-electron chi connectivity index (χ2n) is 4.49. The number of halogens is 1. The fourth-order valence-corrected chi connectivity index (χ4v) is 2.73. The Morgan fingerprint density at radius 3 is 2.94 bits per heavy atom. The third kappa shape index (κ3) is 1.86. The average Bonchev–Trinajstić information content (AvgIpc) is 2.68. The van der Waals surface area contributed by atoms with Crippen molar-refractivity contribution in [3.8, 4) is 0 Å². The van der Waals surface area contributed by atoms with E-state index in [-0.39, 0.29) is 0 Å². The Morgan fingerprint density at radius 1 is 1.56 bits per heavy atom. The topological polar surface area (TPSA) is 29.3 Å². The second-order valence-corrected chi connectivity index (χ2v) is 4.90. The van der Waals surface area contributed by atoms with Gasteiger partial charge in [0.05, 0.1) is 0 Å². The van der Waals surface area contributed by atoms with E-state index in [1.165, 1.54) is 11.1 Å². The summed E-state index contributed by atoms with van der Waals surface area (Å²) in [4.78, 5) is 2.45. The molecule has 0 spiro atoms. The second kappa shape index (κ2) is 4.74. The maximum absolute atomic E-state index is 6.24. The molecular weight excluding hydrogens is 220 g/mol. The molecule has 1 aromatic rings. The molecule has 0 amide bonds. The molecule has 2 unspecified atom stereocenters. The maximum Gasteiger partial charge on any atom is 0.0480 e. The highest BCUT2D eigenvalue weighted by Gasteiger charge is 2.32. The summed E-state index contributed by atoms with van der Waals surface area (Å²) in [6, 6.07) is 7.03. The van der Waals surface area contributed by atoms with E-state index < -0.39 is 0 Å². The molecule has 2 N–H and O–H groups in total. The van der Waals surface area contributed by atoms with Gasteiger partial charge in [0.2, 0.25) is 0 Å². The van der Waals surface area contributed by atoms with Crippen LogP contribution in [0, 0.1) is 0 Å². The normalized spacial score (nSPS) is 22.1. The Morgan fingerprint density at radius 2 is 2.31 bits per heavy atom. The Hall–Kier alpha value is -0.570. The molecule has 0 bridgehead atoms. The minimum absolute atomic E-state index is 0.337. The van der Waals surface area contributed by atoms with Crippen molar-refractivity contribution in [1.82, 2.24) is 4.90 Å². The summed E-state index contributed by atoms with van der Waals surface area (Å²) in [6.45, 7) is 6.06. The first-order valence-electron chi connectivity index (χ1n) is 5.92. The largest absolute Gasteiger partial charge is 0.329 e. The highest BCUT2D eigenvalue weighted by atomic mass is 35.5. The molecule has 2 nitrogen and oxygen atoms in total. The first-order valence-corrected chi connectivity index (χ1v) is 6.30. The Kier molecular flexibility index (Phi) is 3.53. The predicted molar refractivity (Wildman–Crippen MR) is 68.5 cm³/mol. The van der Waals surface area contributed by atoms with Gasteiger partial charge in [-0.15, -0.1) is 0 Å². The van der Waals surface area contributed by atoms with Crippen molar-refractivity contribution in [1.29, 1.82) is 0 Å². The first kappa shape index (κ1) is 11.9. The molecule has 0 aliphatic carbocycles. The third-order valence-corrected chi connectivity index (χ3v) is 3.99. The highest BCUT2D eigenvalue weighted by molar-refractivity contribution is 6.31. The van der Waals surface area contributed by atoms with Gasteiger partial charge in [-0.3, -0.25) is 4.90 Å². The van der Waals surface area contributed by atoms with Crippen molar-refractivity contribution < 1.29 is 0 Å². The Balaban J connectivity index is 2.36. The van der Waals surface area contributed by atoms with Gasteiger partial charge in [-0.25, -0.2) is 0 Å². The molecule has 0 saturated heterocycles. The SMILES string of the molecule is CCC(C)N1Cc2c(Cl)cccc2C1CN. The number of fused-ring (bicyclic) bond motifs is 1. The van der Waals surface area contributed by atoms with Crippen LogP contribution in [0.5, 0.6) is 0 Å². The van der Waals surface area contributed by atoms with E-state index in [9.17, 15) is 0 Å². The van der Waals surface area contributed by atoms with Crippen molar-refractivity contribution >= 4 is 11.6 Å². The summed E-state index contributed by atoms with van der Waals surface area (Å²) in [5.74, 6) is 0. The van der Waals surface area contributed by atoms with Gasteiger partial charge < -0.3 is 5.73 Å². The van der Waals surface area contributed by atoms with Crippen molar-refractivity contribution in [3.63, 3.8) is 0 Å². The molecular formula is C13H19ClN2. The number of hydrogen-bond donors (Lipinski definition) is 1. The standard InChI is InChI=1S/C13H19ClN2/c1-3-9(2)16-8-11-10(13(16)7-15)5-4-6-12(11)14/h4-6,9,13H,3,7-8,15H2,1-2H3. The lowest BCUT2D eigenvalue weighted by atomic mass is 10.0. The van der Waals surface area contributed by atoms with Crippen LogP contribution in [-0.2, 0) is 6.54 Å². The third-order valence-electron chi connectivity index (χ3n) is 3.64. The lowest BCUT2D eigenvalue weighted by Gasteiger charge is -2.29. The van der Waals surface area contributed by atoms with Gasteiger partial charge in [0.25, 0.3) is 0 Å². The Bertz CT molecular complexity index is 378. The van der Waals surface area contributed by atoms with Crippen LogP contribution >= 0.6 is 11.6 Å². The molecule has 1 aliphatic rings. The van der Waals surface area contributed by atoms with E-state index in [0.717, 1.165) is 18.0 Å². The number of nitrogens with two attached hydrogens (primary N) is 1. The fraction of sp³-hybridized carbons (Fsp3) is 0.538. The smallest absolute Gasteiger partial charge is 0.0480 e. The molecule has 16 heavy (non-hydrogen) atoms. The number of hydrogen-bond acceptors (Lipinski definition) is 2. The molecule has 0 fully saturated rings. The minimum Gasteiger partial charge on any atom is -0.329 e. The molecule has 1 aliphatic heterocycles. The fourth-order valence-electron chi connectivity index (χ4n) is 2.49. The molecule has 1 heterocycles. The molecule has 0 aromatic heterocycles. The molecule has 3 heteroatoms. The van der Waals surface area contributed by atoms with Gasteiger partial charge >= 0.3 is 0 Å². The van der Waals surface area contributed by atoms with E-state index in [2.05, 4.69) is 24.8 Å². The van der Waals surface area contributed by atoms with Gasteiger partial charge in [0.1, 0.15) is 0 Å². The maximum atomic E-state index is 6.24. The van der Waals surface area contributed by atoms with Crippen LogP contribution in [-0.4, -0.2) is 17.5 Å². The average molecular weight is 239 g/mol.